The van der Waals surface area contributed by atoms with Crippen LogP contribution in [-0.4, -0.2) is 4.57 Å². The van der Waals surface area contributed by atoms with E-state index in [0.29, 0.717) is 0 Å². The molecule has 0 spiro atoms. The summed E-state index contributed by atoms with van der Waals surface area (Å²) < 4.78 is 3.47. The van der Waals surface area contributed by atoms with E-state index in [9.17, 15) is 0 Å². The number of fused-ring (bicyclic) bond motifs is 5. The summed E-state index contributed by atoms with van der Waals surface area (Å²) in [5.74, 6) is 0. The van der Waals surface area contributed by atoms with Crippen LogP contribution in [0.5, 0.6) is 0 Å². The molecular formula is C28H18BrN. The Morgan fingerprint density at radius 1 is 0.533 bits per heavy atom. The minimum Gasteiger partial charge on any atom is -0.309 e. The SMILES string of the molecule is Brc1ccc2c(c1)c1c3ccccc3ccc1n2-c1ccc(-c2ccccc2)cc1. The average molecular weight is 448 g/mol. The third kappa shape index (κ3) is 2.68. The van der Waals surface area contributed by atoms with Crippen LogP contribution in [0.25, 0.3) is 49.4 Å². The van der Waals surface area contributed by atoms with Crippen molar-refractivity contribution in [3.63, 3.8) is 0 Å². The van der Waals surface area contributed by atoms with Crippen molar-refractivity contribution in [1.29, 1.82) is 0 Å². The first-order valence-corrected chi connectivity index (χ1v) is 10.9. The third-order valence-corrected chi connectivity index (χ3v) is 6.34. The summed E-state index contributed by atoms with van der Waals surface area (Å²) in [6.07, 6.45) is 0. The highest BCUT2D eigenvalue weighted by Gasteiger charge is 2.15. The van der Waals surface area contributed by atoms with Crippen molar-refractivity contribution < 1.29 is 0 Å². The van der Waals surface area contributed by atoms with Crippen molar-refractivity contribution in [1.82, 2.24) is 4.57 Å². The summed E-state index contributed by atoms with van der Waals surface area (Å²) in [7, 11) is 0. The van der Waals surface area contributed by atoms with Crippen LogP contribution < -0.4 is 0 Å². The molecule has 0 radical (unpaired) electrons. The average Bonchev–Trinajstić information content (AvgIpc) is 3.13. The number of benzene rings is 5. The normalized spacial score (nSPS) is 11.5. The molecule has 0 aliphatic carbocycles. The minimum absolute atomic E-state index is 1.10. The smallest absolute Gasteiger partial charge is 0.0547 e. The van der Waals surface area contributed by atoms with E-state index in [2.05, 4.69) is 130 Å². The lowest BCUT2D eigenvalue weighted by Gasteiger charge is -2.10. The number of rotatable bonds is 2. The van der Waals surface area contributed by atoms with E-state index >= 15 is 0 Å². The van der Waals surface area contributed by atoms with Gasteiger partial charge in [-0.05, 0) is 58.3 Å². The maximum atomic E-state index is 3.67. The van der Waals surface area contributed by atoms with E-state index < -0.39 is 0 Å². The fourth-order valence-electron chi connectivity index (χ4n) is 4.47. The van der Waals surface area contributed by atoms with Gasteiger partial charge in [-0.2, -0.15) is 0 Å². The van der Waals surface area contributed by atoms with E-state index in [1.807, 2.05) is 0 Å². The maximum Gasteiger partial charge on any atom is 0.0547 e. The van der Waals surface area contributed by atoms with Gasteiger partial charge in [0.15, 0.2) is 0 Å². The Balaban J connectivity index is 1.65. The molecule has 0 aliphatic rings. The largest absolute Gasteiger partial charge is 0.309 e. The zero-order valence-corrected chi connectivity index (χ0v) is 17.8. The zero-order chi connectivity index (χ0) is 20.1. The molecule has 0 aliphatic heterocycles. The molecule has 6 aromatic rings. The van der Waals surface area contributed by atoms with Crippen LogP contribution >= 0.6 is 15.9 Å². The molecule has 0 amide bonds. The highest BCUT2D eigenvalue weighted by molar-refractivity contribution is 9.10. The van der Waals surface area contributed by atoms with Gasteiger partial charge < -0.3 is 4.57 Å². The molecule has 0 bridgehead atoms. The Morgan fingerprint density at radius 3 is 2.07 bits per heavy atom. The van der Waals surface area contributed by atoms with Gasteiger partial charge in [0.1, 0.15) is 0 Å². The minimum atomic E-state index is 1.10. The van der Waals surface area contributed by atoms with Crippen LogP contribution in [0.3, 0.4) is 0 Å². The first-order chi connectivity index (χ1) is 14.8. The van der Waals surface area contributed by atoms with Gasteiger partial charge in [0.05, 0.1) is 11.0 Å². The van der Waals surface area contributed by atoms with Crippen molar-refractivity contribution in [2.75, 3.05) is 0 Å². The molecule has 142 valence electrons. The van der Waals surface area contributed by atoms with Gasteiger partial charge in [0.2, 0.25) is 0 Å². The Kier molecular flexibility index (Phi) is 4.00. The number of hydrogen-bond donors (Lipinski definition) is 0. The maximum absolute atomic E-state index is 3.67. The van der Waals surface area contributed by atoms with E-state index in [-0.39, 0.29) is 0 Å². The molecule has 1 heterocycles. The molecule has 1 nitrogen and oxygen atoms in total. The first-order valence-electron chi connectivity index (χ1n) is 10.1. The van der Waals surface area contributed by atoms with Crippen molar-refractivity contribution in [2.24, 2.45) is 0 Å². The molecule has 0 N–H and O–H groups in total. The molecule has 0 unspecified atom stereocenters. The molecule has 0 saturated heterocycles. The van der Waals surface area contributed by atoms with Crippen molar-refractivity contribution in [3.05, 3.63) is 114 Å². The summed E-state index contributed by atoms with van der Waals surface area (Å²) in [5, 5.41) is 5.13. The molecule has 1 aromatic heterocycles. The first kappa shape index (κ1) is 17.5. The summed E-state index contributed by atoms with van der Waals surface area (Å²) in [4.78, 5) is 0. The molecule has 30 heavy (non-hydrogen) atoms. The molecule has 0 fully saturated rings. The van der Waals surface area contributed by atoms with Crippen LogP contribution in [0.1, 0.15) is 0 Å². The lowest BCUT2D eigenvalue weighted by molar-refractivity contribution is 1.18. The lowest BCUT2D eigenvalue weighted by Crippen LogP contribution is -1.93. The molecule has 0 saturated carbocycles. The Hall–Kier alpha value is -3.36. The van der Waals surface area contributed by atoms with E-state index in [1.165, 1.54) is 49.4 Å². The van der Waals surface area contributed by atoms with Crippen molar-refractivity contribution in [3.8, 4) is 16.8 Å². The Bertz CT molecular complexity index is 1530. The molecule has 6 rings (SSSR count). The van der Waals surface area contributed by atoms with Gasteiger partial charge >= 0.3 is 0 Å². The standard InChI is InChI=1S/C28H18BrN/c29-22-13-17-26-25(18-22)28-24-9-5-4-8-21(24)12-16-27(28)30(26)23-14-10-20(11-15-23)19-6-2-1-3-7-19/h1-18H. The predicted octanol–water partition coefficient (Wildman–Crippen LogP) is 8.37. The van der Waals surface area contributed by atoms with E-state index in [0.717, 1.165) is 4.47 Å². The van der Waals surface area contributed by atoms with Crippen LogP contribution in [0, 0.1) is 0 Å². The van der Waals surface area contributed by atoms with Gasteiger partial charge in [0.25, 0.3) is 0 Å². The summed E-state index contributed by atoms with van der Waals surface area (Å²) in [6.45, 7) is 0. The summed E-state index contributed by atoms with van der Waals surface area (Å²) >= 11 is 3.67. The zero-order valence-electron chi connectivity index (χ0n) is 16.2. The second-order valence-electron chi connectivity index (χ2n) is 7.59. The second-order valence-corrected chi connectivity index (χ2v) is 8.51. The topological polar surface area (TPSA) is 4.93 Å². The molecule has 0 atom stereocenters. The third-order valence-electron chi connectivity index (χ3n) is 5.85. The second kappa shape index (κ2) is 6.86. The Labute approximate surface area is 183 Å². The number of halogens is 1. The van der Waals surface area contributed by atoms with Crippen LogP contribution in [0.15, 0.2) is 114 Å². The quantitative estimate of drug-likeness (QED) is 0.251. The van der Waals surface area contributed by atoms with Gasteiger partial charge in [-0.15, -0.1) is 0 Å². The number of hydrogen-bond acceptors (Lipinski definition) is 0. The van der Waals surface area contributed by atoms with Gasteiger partial charge in [-0.25, -0.2) is 0 Å². The molecular weight excluding hydrogens is 430 g/mol. The number of nitrogens with zero attached hydrogens (tertiary/aromatic N) is 1. The van der Waals surface area contributed by atoms with Crippen molar-refractivity contribution >= 4 is 48.5 Å². The predicted molar refractivity (Wildman–Crippen MR) is 131 cm³/mol. The van der Waals surface area contributed by atoms with E-state index in [4.69, 9.17) is 0 Å². The fourth-order valence-corrected chi connectivity index (χ4v) is 4.84. The fraction of sp³-hybridized carbons (Fsp3) is 0. The van der Waals surface area contributed by atoms with Crippen molar-refractivity contribution in [2.45, 2.75) is 0 Å². The summed E-state index contributed by atoms with van der Waals surface area (Å²) in [5.41, 5.74) is 6.09. The summed E-state index contributed by atoms with van der Waals surface area (Å²) in [6, 6.07) is 39.1. The number of aromatic nitrogens is 1. The molecule has 2 heteroatoms. The highest BCUT2D eigenvalue weighted by Crippen LogP contribution is 2.38. The van der Waals surface area contributed by atoms with Crippen LogP contribution in [-0.2, 0) is 0 Å². The van der Waals surface area contributed by atoms with Gasteiger partial charge in [0, 0.05) is 20.9 Å². The molecule has 5 aromatic carbocycles. The Morgan fingerprint density at radius 2 is 1.23 bits per heavy atom. The lowest BCUT2D eigenvalue weighted by atomic mass is 10.0. The monoisotopic (exact) mass is 447 g/mol. The van der Waals surface area contributed by atoms with Crippen LogP contribution in [0.2, 0.25) is 0 Å². The van der Waals surface area contributed by atoms with Gasteiger partial charge in [-0.3, -0.25) is 0 Å². The van der Waals surface area contributed by atoms with Gasteiger partial charge in [-0.1, -0.05) is 88.7 Å². The highest BCUT2D eigenvalue weighted by atomic mass is 79.9. The van der Waals surface area contributed by atoms with Crippen LogP contribution in [0.4, 0.5) is 0 Å². The van der Waals surface area contributed by atoms with E-state index in [1.54, 1.807) is 0 Å².